The molecule has 0 radical (unpaired) electrons. The van der Waals surface area contributed by atoms with Gasteiger partial charge >= 0.3 is 0 Å². The molecule has 0 bridgehead atoms. The second kappa shape index (κ2) is 8.11. The second-order valence-electron chi connectivity index (χ2n) is 12.8. The third kappa shape index (κ3) is 3.31. The Morgan fingerprint density at radius 2 is 1.59 bits per heavy atom. The van der Waals surface area contributed by atoms with Crippen molar-refractivity contribution >= 4 is 11.8 Å². The summed E-state index contributed by atoms with van der Waals surface area (Å²) in [5.41, 5.74) is 0.766. The van der Waals surface area contributed by atoms with Gasteiger partial charge in [0, 0.05) is 36.6 Å². The predicted molar refractivity (Wildman–Crippen MR) is 130 cm³/mol. The van der Waals surface area contributed by atoms with Crippen LogP contribution in [0.5, 0.6) is 0 Å². The smallest absolute Gasteiger partial charge is 0.169 e. The Morgan fingerprint density at radius 3 is 2.34 bits per heavy atom. The quantitative estimate of drug-likeness (QED) is 0.637. The molecule has 5 heteroatoms. The van der Waals surface area contributed by atoms with Crippen LogP contribution >= 0.6 is 11.8 Å². The normalized spacial score (nSPS) is 53.4. The zero-order valence-electron chi connectivity index (χ0n) is 20.6. The van der Waals surface area contributed by atoms with Gasteiger partial charge in [-0.15, -0.1) is 0 Å². The highest BCUT2D eigenvalue weighted by atomic mass is 32.2. The fraction of sp³-hybridized carbons (Fsp3) is 1.00. The van der Waals surface area contributed by atoms with Crippen LogP contribution in [-0.2, 0) is 9.47 Å². The average molecular weight is 464 g/mol. The van der Waals surface area contributed by atoms with Crippen molar-refractivity contribution in [1.29, 1.82) is 0 Å². The molecule has 6 rings (SSSR count). The molecule has 6 fully saturated rings. The van der Waals surface area contributed by atoms with E-state index in [0.29, 0.717) is 22.8 Å². The van der Waals surface area contributed by atoms with E-state index in [4.69, 9.17) is 9.47 Å². The number of aliphatic hydroxyl groups excluding tert-OH is 1. The fourth-order valence-electron chi connectivity index (χ4n) is 10.1. The summed E-state index contributed by atoms with van der Waals surface area (Å²) in [7, 11) is 0. The van der Waals surface area contributed by atoms with Gasteiger partial charge in [-0.2, -0.15) is 11.8 Å². The Labute approximate surface area is 199 Å². The molecule has 32 heavy (non-hydrogen) atoms. The third-order valence-corrected chi connectivity index (χ3v) is 12.6. The van der Waals surface area contributed by atoms with Crippen LogP contribution in [-0.4, -0.2) is 65.7 Å². The van der Waals surface area contributed by atoms with Gasteiger partial charge in [0.05, 0.1) is 19.3 Å². The summed E-state index contributed by atoms with van der Waals surface area (Å²) in [6, 6.07) is 0.389. The Hall–Kier alpha value is 0.190. The van der Waals surface area contributed by atoms with Crippen molar-refractivity contribution in [3.8, 4) is 0 Å². The summed E-state index contributed by atoms with van der Waals surface area (Å²) in [5.74, 6) is 5.90. The first-order valence-electron chi connectivity index (χ1n) is 13.6. The first-order valence-corrected chi connectivity index (χ1v) is 14.8. The molecule has 0 amide bonds. The van der Waals surface area contributed by atoms with Crippen molar-refractivity contribution in [3.05, 3.63) is 0 Å². The highest BCUT2D eigenvalue weighted by molar-refractivity contribution is 7.99. The van der Waals surface area contributed by atoms with Crippen molar-refractivity contribution in [2.24, 2.45) is 40.4 Å². The molecule has 0 spiro atoms. The lowest BCUT2D eigenvalue weighted by atomic mass is 9.44. The van der Waals surface area contributed by atoms with Crippen LogP contribution in [0.1, 0.15) is 72.1 Å². The highest BCUT2D eigenvalue weighted by Crippen LogP contribution is 2.69. The van der Waals surface area contributed by atoms with Crippen molar-refractivity contribution < 1.29 is 14.6 Å². The molecular weight excluding hydrogens is 418 g/mol. The number of aliphatic hydroxyl groups is 1. The minimum atomic E-state index is -0.357. The molecule has 6 aliphatic rings. The summed E-state index contributed by atoms with van der Waals surface area (Å²) >= 11 is 2.08. The zero-order valence-corrected chi connectivity index (χ0v) is 21.4. The number of fused-ring (bicyclic) bond motifs is 5. The molecule has 4 saturated carbocycles. The standard InChI is InChI=1S/C27H45NO3S/c1-25-9-8-21-19(20(25)6-7-24(25)27(3)30-12-13-31-27)5-4-18-16-23(29)22(17-26(18,21)2)28-10-14-32-15-11-28/h18-24,29H,4-17H2,1-3H3/t18-,19-,20-,21-,22-,23-,24-,25-,26-/m0/s1. The van der Waals surface area contributed by atoms with E-state index in [0.717, 1.165) is 43.3 Å². The number of thioether (sulfide) groups is 1. The highest BCUT2D eigenvalue weighted by Gasteiger charge is 2.64. The summed E-state index contributed by atoms with van der Waals surface area (Å²) in [6.45, 7) is 11.3. The van der Waals surface area contributed by atoms with Crippen LogP contribution in [0.4, 0.5) is 0 Å². The summed E-state index contributed by atoms with van der Waals surface area (Å²) in [6.07, 6.45) is 10.2. The molecule has 0 aromatic heterocycles. The first-order chi connectivity index (χ1) is 15.4. The van der Waals surface area contributed by atoms with Crippen molar-refractivity contribution in [3.63, 3.8) is 0 Å². The summed E-state index contributed by atoms with van der Waals surface area (Å²) in [4.78, 5) is 2.65. The van der Waals surface area contributed by atoms with E-state index in [1.807, 2.05) is 0 Å². The molecular formula is C27H45NO3S. The van der Waals surface area contributed by atoms with Gasteiger partial charge < -0.3 is 14.6 Å². The second-order valence-corrected chi connectivity index (χ2v) is 14.0. The van der Waals surface area contributed by atoms with Gasteiger partial charge in [-0.3, -0.25) is 4.90 Å². The first kappa shape index (κ1) is 22.6. The van der Waals surface area contributed by atoms with Gasteiger partial charge in [0.25, 0.3) is 0 Å². The van der Waals surface area contributed by atoms with Crippen LogP contribution in [0.3, 0.4) is 0 Å². The molecule has 182 valence electrons. The number of rotatable bonds is 2. The van der Waals surface area contributed by atoms with Crippen LogP contribution in [0.2, 0.25) is 0 Å². The Bertz CT molecular complexity index is 707. The monoisotopic (exact) mass is 463 g/mol. The minimum absolute atomic E-state index is 0.117. The van der Waals surface area contributed by atoms with Crippen molar-refractivity contribution in [2.75, 3.05) is 37.8 Å². The minimum Gasteiger partial charge on any atom is -0.391 e. The molecule has 2 saturated heterocycles. The Kier molecular flexibility index (Phi) is 5.74. The van der Waals surface area contributed by atoms with Gasteiger partial charge in [0.1, 0.15) is 0 Å². The van der Waals surface area contributed by atoms with Crippen LogP contribution in [0.25, 0.3) is 0 Å². The summed E-state index contributed by atoms with van der Waals surface area (Å²) < 4.78 is 12.4. The number of nitrogens with zero attached hydrogens (tertiary/aromatic N) is 1. The van der Waals surface area contributed by atoms with Crippen LogP contribution in [0, 0.1) is 40.4 Å². The average Bonchev–Trinajstić information content (AvgIpc) is 3.38. The van der Waals surface area contributed by atoms with E-state index in [2.05, 4.69) is 37.4 Å². The number of hydrogen-bond acceptors (Lipinski definition) is 5. The lowest BCUT2D eigenvalue weighted by Gasteiger charge is -2.63. The maximum atomic E-state index is 11.2. The fourth-order valence-corrected chi connectivity index (χ4v) is 11.1. The van der Waals surface area contributed by atoms with E-state index in [9.17, 15) is 5.11 Å². The third-order valence-electron chi connectivity index (χ3n) is 11.7. The summed E-state index contributed by atoms with van der Waals surface area (Å²) in [5, 5.41) is 11.2. The molecule has 0 aromatic rings. The van der Waals surface area contributed by atoms with Crippen molar-refractivity contribution in [2.45, 2.75) is 90.1 Å². The Morgan fingerprint density at radius 1 is 0.875 bits per heavy atom. The largest absolute Gasteiger partial charge is 0.391 e. The predicted octanol–water partition coefficient (Wildman–Crippen LogP) is 4.80. The molecule has 2 aliphatic heterocycles. The van der Waals surface area contributed by atoms with E-state index in [-0.39, 0.29) is 11.9 Å². The van der Waals surface area contributed by atoms with Crippen molar-refractivity contribution in [1.82, 2.24) is 4.90 Å². The molecule has 0 unspecified atom stereocenters. The number of hydrogen-bond donors (Lipinski definition) is 1. The van der Waals surface area contributed by atoms with E-state index < -0.39 is 0 Å². The van der Waals surface area contributed by atoms with Gasteiger partial charge in [-0.25, -0.2) is 0 Å². The zero-order chi connectivity index (χ0) is 22.1. The molecule has 0 aromatic carbocycles. The van der Waals surface area contributed by atoms with Crippen LogP contribution in [0.15, 0.2) is 0 Å². The van der Waals surface area contributed by atoms with E-state index >= 15 is 0 Å². The molecule has 4 nitrogen and oxygen atoms in total. The lowest BCUT2D eigenvalue weighted by molar-refractivity contribution is -0.220. The SMILES string of the molecule is CC1([C@H]2CC[C@H]3[C@@H]4CC[C@H]5C[C@H](O)[C@@H](N6CCSCC6)C[C@]5(C)[C@H]4CC[C@]23C)OCCO1. The molecule has 4 aliphatic carbocycles. The lowest BCUT2D eigenvalue weighted by Crippen LogP contribution is -2.60. The maximum Gasteiger partial charge on any atom is 0.169 e. The maximum absolute atomic E-state index is 11.2. The van der Waals surface area contributed by atoms with Gasteiger partial charge in [-0.05, 0) is 92.8 Å². The molecule has 1 N–H and O–H groups in total. The van der Waals surface area contributed by atoms with E-state index in [1.165, 1.54) is 69.5 Å². The van der Waals surface area contributed by atoms with Gasteiger partial charge in [-0.1, -0.05) is 13.8 Å². The topological polar surface area (TPSA) is 41.9 Å². The van der Waals surface area contributed by atoms with Gasteiger partial charge in [0.15, 0.2) is 5.79 Å². The number of ether oxygens (including phenoxy) is 2. The van der Waals surface area contributed by atoms with E-state index in [1.54, 1.807) is 0 Å². The van der Waals surface area contributed by atoms with Crippen LogP contribution < -0.4 is 0 Å². The Balaban J connectivity index is 1.25. The van der Waals surface area contributed by atoms with Gasteiger partial charge in [0.2, 0.25) is 0 Å². The molecule has 9 atom stereocenters. The molecule has 2 heterocycles.